The normalized spacial score (nSPS) is 12.9. The maximum atomic E-state index is 13.7. The summed E-state index contributed by atoms with van der Waals surface area (Å²) in [6, 6.07) is 13.3. The minimum atomic E-state index is -0.966. The van der Waals surface area contributed by atoms with Gasteiger partial charge in [0.05, 0.1) is 18.4 Å². The Balaban J connectivity index is 1.36. The van der Waals surface area contributed by atoms with E-state index in [4.69, 9.17) is 9.47 Å². The number of nitrogens with zero attached hydrogens (tertiary/aromatic N) is 1. The van der Waals surface area contributed by atoms with Gasteiger partial charge in [-0.2, -0.15) is 5.10 Å². The van der Waals surface area contributed by atoms with Crippen molar-refractivity contribution in [3.8, 4) is 5.75 Å². The fourth-order valence-corrected chi connectivity index (χ4v) is 5.22. The first-order chi connectivity index (χ1) is 17.9. The molecule has 1 heterocycles. The molecule has 3 aromatic rings. The lowest BCUT2D eigenvalue weighted by Gasteiger charge is -2.11. The molecule has 0 radical (unpaired) electrons. The number of hydrogen-bond donors (Lipinski definition) is 2. The molecule has 2 aromatic carbocycles. The molecule has 0 unspecified atom stereocenters. The smallest absolute Gasteiger partial charge is 0.341 e. The van der Waals surface area contributed by atoms with Crippen molar-refractivity contribution in [2.75, 3.05) is 12.4 Å². The number of esters is 1. The van der Waals surface area contributed by atoms with Crippen LogP contribution < -0.4 is 15.5 Å². The zero-order valence-electron chi connectivity index (χ0n) is 20.4. The summed E-state index contributed by atoms with van der Waals surface area (Å²) in [7, 11) is 1.28. The van der Waals surface area contributed by atoms with E-state index in [0.29, 0.717) is 33.2 Å². The fourth-order valence-electron chi connectivity index (χ4n) is 3.95. The minimum absolute atomic E-state index is 0.0924. The third-order valence-electron chi connectivity index (χ3n) is 5.94. The Kier molecular flexibility index (Phi) is 8.29. The van der Waals surface area contributed by atoms with E-state index in [1.807, 2.05) is 0 Å². The highest BCUT2D eigenvalue weighted by molar-refractivity contribution is 7.17. The molecule has 2 N–H and O–H groups in total. The monoisotopic (exact) mass is 523 g/mol. The SMILES string of the molecule is COC(=O)c1c(NC(=O)C(=O)N/N=C(\C)c2ccc(OCc3ccccc3F)cc2)sc2c1CCCC2. The maximum Gasteiger partial charge on any atom is 0.341 e. The Morgan fingerprint density at radius 3 is 2.49 bits per heavy atom. The Bertz CT molecular complexity index is 1350. The van der Waals surface area contributed by atoms with Crippen molar-refractivity contribution in [2.45, 2.75) is 39.2 Å². The van der Waals surface area contributed by atoms with Crippen molar-refractivity contribution in [3.63, 3.8) is 0 Å². The molecule has 0 fully saturated rings. The summed E-state index contributed by atoms with van der Waals surface area (Å²) < 4.78 is 24.3. The number of hydrazone groups is 1. The molecule has 192 valence electrons. The quantitative estimate of drug-likeness (QED) is 0.204. The molecule has 2 amide bonds. The first-order valence-electron chi connectivity index (χ1n) is 11.7. The van der Waals surface area contributed by atoms with Gasteiger partial charge in [0.2, 0.25) is 0 Å². The predicted octanol–water partition coefficient (Wildman–Crippen LogP) is 4.61. The molecule has 10 heteroatoms. The number of hydrogen-bond acceptors (Lipinski definition) is 7. The van der Waals surface area contributed by atoms with Crippen molar-refractivity contribution >= 4 is 39.8 Å². The standard InChI is InChI=1S/C27H26FN3O5S/c1-16(17-11-13-19(14-12-17)36-15-18-7-3-5-9-21(18)28)30-31-25(33)24(32)29-26-23(27(34)35-2)20-8-4-6-10-22(20)37-26/h3,5,7,9,11-14H,4,6,8,10,15H2,1-2H3,(H,29,32)(H,31,33)/b30-16+. The average molecular weight is 524 g/mol. The van der Waals surface area contributed by atoms with Crippen LogP contribution in [0.1, 0.15) is 51.7 Å². The number of carbonyl (C=O) groups excluding carboxylic acids is 3. The molecule has 1 aliphatic carbocycles. The number of amides is 2. The largest absolute Gasteiger partial charge is 0.489 e. The lowest BCUT2D eigenvalue weighted by atomic mass is 9.95. The molecule has 37 heavy (non-hydrogen) atoms. The van der Waals surface area contributed by atoms with Gasteiger partial charge >= 0.3 is 17.8 Å². The van der Waals surface area contributed by atoms with Crippen molar-refractivity contribution in [1.82, 2.24) is 5.43 Å². The van der Waals surface area contributed by atoms with Gasteiger partial charge in [-0.05, 0) is 74.1 Å². The molecule has 8 nitrogen and oxygen atoms in total. The van der Waals surface area contributed by atoms with Crippen LogP contribution in [-0.4, -0.2) is 30.6 Å². The number of halogens is 1. The zero-order valence-corrected chi connectivity index (χ0v) is 21.2. The van der Waals surface area contributed by atoms with Gasteiger partial charge in [-0.25, -0.2) is 14.6 Å². The molecule has 0 saturated carbocycles. The van der Waals surface area contributed by atoms with Gasteiger partial charge in [0, 0.05) is 10.4 Å². The third kappa shape index (κ3) is 6.21. The molecule has 0 atom stereocenters. The summed E-state index contributed by atoms with van der Waals surface area (Å²) >= 11 is 1.30. The second-order valence-electron chi connectivity index (χ2n) is 8.40. The summed E-state index contributed by atoms with van der Waals surface area (Å²) in [5.41, 5.74) is 5.05. The summed E-state index contributed by atoms with van der Waals surface area (Å²) in [5.74, 6) is -2.22. The lowest BCUT2D eigenvalue weighted by Crippen LogP contribution is -2.33. The lowest BCUT2D eigenvalue weighted by molar-refractivity contribution is -0.136. The van der Waals surface area contributed by atoms with E-state index in [1.54, 1.807) is 49.4 Å². The Hall–Kier alpha value is -4.05. The van der Waals surface area contributed by atoms with Crippen LogP contribution in [0.15, 0.2) is 53.6 Å². The highest BCUT2D eigenvalue weighted by atomic mass is 32.1. The number of thiophene rings is 1. The van der Waals surface area contributed by atoms with Gasteiger partial charge in [0.25, 0.3) is 0 Å². The first kappa shape index (κ1) is 26.0. The minimum Gasteiger partial charge on any atom is -0.489 e. The molecule has 0 aliphatic heterocycles. The van der Waals surface area contributed by atoms with E-state index in [2.05, 4.69) is 15.8 Å². The first-order valence-corrected chi connectivity index (χ1v) is 12.5. The third-order valence-corrected chi connectivity index (χ3v) is 7.15. The van der Waals surface area contributed by atoms with E-state index in [0.717, 1.165) is 36.1 Å². The van der Waals surface area contributed by atoms with Crippen LogP contribution in [0.25, 0.3) is 0 Å². The number of aryl methyl sites for hydroxylation is 1. The zero-order chi connectivity index (χ0) is 26.4. The van der Waals surface area contributed by atoms with Crippen LogP contribution in [-0.2, 0) is 33.8 Å². The van der Waals surface area contributed by atoms with E-state index in [9.17, 15) is 18.8 Å². The molecule has 4 rings (SSSR count). The van der Waals surface area contributed by atoms with Gasteiger partial charge in [0.1, 0.15) is 23.2 Å². The molecule has 1 aliphatic rings. The maximum absolute atomic E-state index is 13.7. The molecular weight excluding hydrogens is 497 g/mol. The van der Waals surface area contributed by atoms with Crippen LogP contribution in [0.2, 0.25) is 0 Å². The van der Waals surface area contributed by atoms with Crippen LogP contribution in [0.4, 0.5) is 9.39 Å². The number of ether oxygens (including phenoxy) is 2. The summed E-state index contributed by atoms with van der Waals surface area (Å²) in [4.78, 5) is 38.3. The second kappa shape index (κ2) is 11.8. The van der Waals surface area contributed by atoms with Crippen LogP contribution >= 0.6 is 11.3 Å². The van der Waals surface area contributed by atoms with Gasteiger partial charge < -0.3 is 14.8 Å². The van der Waals surface area contributed by atoms with Crippen molar-refractivity contribution in [1.29, 1.82) is 0 Å². The summed E-state index contributed by atoms with van der Waals surface area (Å²) in [6.07, 6.45) is 3.51. The second-order valence-corrected chi connectivity index (χ2v) is 9.51. The topological polar surface area (TPSA) is 106 Å². The van der Waals surface area contributed by atoms with Gasteiger partial charge in [-0.3, -0.25) is 9.59 Å². The molecular formula is C27H26FN3O5S. The van der Waals surface area contributed by atoms with Gasteiger partial charge in [0.15, 0.2) is 0 Å². The Labute approximate surface area is 217 Å². The number of fused-ring (bicyclic) bond motifs is 1. The van der Waals surface area contributed by atoms with E-state index < -0.39 is 17.8 Å². The number of anilines is 1. The Morgan fingerprint density at radius 1 is 1.03 bits per heavy atom. The van der Waals surface area contributed by atoms with E-state index in [-0.39, 0.29) is 12.4 Å². The summed E-state index contributed by atoms with van der Waals surface area (Å²) in [6.45, 7) is 1.77. The van der Waals surface area contributed by atoms with Crippen molar-refractivity contribution in [3.05, 3.63) is 81.5 Å². The molecule has 0 saturated heterocycles. The highest BCUT2D eigenvalue weighted by Crippen LogP contribution is 2.38. The number of carbonyl (C=O) groups is 3. The van der Waals surface area contributed by atoms with Crippen molar-refractivity contribution < 1.29 is 28.2 Å². The number of methoxy groups -OCH3 is 1. The number of benzene rings is 2. The van der Waals surface area contributed by atoms with Crippen LogP contribution in [0, 0.1) is 5.82 Å². The molecule has 1 aromatic heterocycles. The molecule has 0 bridgehead atoms. The fraction of sp³-hybridized carbons (Fsp3) is 0.259. The van der Waals surface area contributed by atoms with Crippen molar-refractivity contribution in [2.24, 2.45) is 5.10 Å². The summed E-state index contributed by atoms with van der Waals surface area (Å²) in [5, 5.41) is 6.86. The number of rotatable bonds is 7. The van der Waals surface area contributed by atoms with Gasteiger partial charge in [-0.15, -0.1) is 11.3 Å². The van der Waals surface area contributed by atoms with E-state index >= 15 is 0 Å². The van der Waals surface area contributed by atoms with Gasteiger partial charge in [-0.1, -0.05) is 18.2 Å². The average Bonchev–Trinajstić information content (AvgIpc) is 3.28. The highest BCUT2D eigenvalue weighted by Gasteiger charge is 2.28. The van der Waals surface area contributed by atoms with Crippen LogP contribution in [0.3, 0.4) is 0 Å². The van der Waals surface area contributed by atoms with E-state index in [1.165, 1.54) is 24.5 Å². The Morgan fingerprint density at radius 2 is 1.76 bits per heavy atom. The predicted molar refractivity (Wildman–Crippen MR) is 138 cm³/mol. The molecule has 0 spiro atoms. The van der Waals surface area contributed by atoms with Crippen LogP contribution in [0.5, 0.6) is 5.75 Å². The number of nitrogens with one attached hydrogen (secondary N) is 2.